The number of hydrogen-bond acceptors (Lipinski definition) is 6. The van der Waals surface area contributed by atoms with Crippen LogP contribution in [-0.2, 0) is 34.6 Å². The molecule has 1 N–H and O–H groups in total. The molecule has 0 bridgehead atoms. The average Bonchev–Trinajstić information content (AvgIpc) is 3.53. The number of nitrogens with zero attached hydrogens (tertiary/aromatic N) is 4. The Morgan fingerprint density at radius 2 is 1.97 bits per heavy atom. The molecule has 0 aliphatic carbocycles. The number of aromatic nitrogens is 3. The summed E-state index contributed by atoms with van der Waals surface area (Å²) >= 11 is 0. The molecular weight excluding hydrogens is 503 g/mol. The number of aliphatic hydroxyl groups is 1. The van der Waals surface area contributed by atoms with Gasteiger partial charge in [0.2, 0.25) is 8.41 Å². The summed E-state index contributed by atoms with van der Waals surface area (Å²) in [4.78, 5) is 16.1. The number of aryl methyl sites for hydroxylation is 1. The number of aliphatic hydroxyl groups excluding tert-OH is 1. The molecular formula is C28H35FN4O4Si. The lowest BCUT2D eigenvalue weighted by atomic mass is 9.82. The quantitative estimate of drug-likeness (QED) is 0.324. The second kappa shape index (κ2) is 10.2. The second-order valence-electron chi connectivity index (χ2n) is 10.8. The molecule has 0 unspecified atom stereocenters. The molecule has 0 saturated carbocycles. The van der Waals surface area contributed by atoms with Gasteiger partial charge in [-0.3, -0.25) is 9.48 Å². The summed E-state index contributed by atoms with van der Waals surface area (Å²) in [5.41, 5.74) is 1.52. The van der Waals surface area contributed by atoms with E-state index in [0.717, 1.165) is 16.8 Å². The highest BCUT2D eigenvalue weighted by Crippen LogP contribution is 2.60. The van der Waals surface area contributed by atoms with E-state index in [9.17, 15) is 9.90 Å². The number of fused-ring (bicyclic) bond motifs is 2. The lowest BCUT2D eigenvalue weighted by molar-refractivity contribution is -0.146. The summed E-state index contributed by atoms with van der Waals surface area (Å²) in [5.74, 6) is 0.0944. The fraction of sp³-hybridized carbons (Fsp3) is 0.464. The van der Waals surface area contributed by atoms with Crippen molar-refractivity contribution in [3.63, 3.8) is 0 Å². The van der Waals surface area contributed by atoms with Crippen LogP contribution in [0.3, 0.4) is 0 Å². The van der Waals surface area contributed by atoms with Gasteiger partial charge in [0.1, 0.15) is 5.75 Å². The summed E-state index contributed by atoms with van der Waals surface area (Å²) in [6.07, 6.45) is 2.24. The zero-order chi connectivity index (χ0) is 27.1. The minimum Gasteiger partial charge on any atom is -0.497 e. The van der Waals surface area contributed by atoms with Crippen molar-refractivity contribution >= 4 is 20.0 Å². The van der Waals surface area contributed by atoms with Gasteiger partial charge in [0.05, 0.1) is 31.1 Å². The van der Waals surface area contributed by atoms with E-state index in [1.807, 2.05) is 55.5 Å². The van der Waals surface area contributed by atoms with E-state index in [4.69, 9.17) is 9.47 Å². The van der Waals surface area contributed by atoms with Gasteiger partial charge in [-0.1, -0.05) is 42.5 Å². The predicted octanol–water partition coefficient (Wildman–Crippen LogP) is 4.23. The third kappa shape index (κ3) is 4.54. The van der Waals surface area contributed by atoms with Crippen molar-refractivity contribution in [2.75, 3.05) is 18.6 Å². The van der Waals surface area contributed by atoms with Crippen molar-refractivity contribution in [3.8, 4) is 5.75 Å². The molecule has 5 rings (SSSR count). The monoisotopic (exact) mass is 538 g/mol. The van der Waals surface area contributed by atoms with Crippen molar-refractivity contribution in [2.45, 2.75) is 63.2 Å². The Hall–Kier alpha value is -3.08. The van der Waals surface area contributed by atoms with E-state index in [0.29, 0.717) is 37.4 Å². The third-order valence-corrected chi connectivity index (χ3v) is 10.4. The molecule has 2 aliphatic rings. The number of halogens is 1. The minimum absolute atomic E-state index is 0.00135. The molecule has 10 heteroatoms. The van der Waals surface area contributed by atoms with E-state index in [2.05, 4.69) is 10.3 Å². The topological polar surface area (TPSA) is 89.7 Å². The predicted molar refractivity (Wildman–Crippen MR) is 144 cm³/mol. The van der Waals surface area contributed by atoms with Gasteiger partial charge in [0, 0.05) is 42.8 Å². The second-order valence-corrected chi connectivity index (χ2v) is 14.6. The first kappa shape index (κ1) is 26.5. The normalized spacial score (nSPS) is 24.8. The van der Waals surface area contributed by atoms with Crippen LogP contribution in [0.2, 0.25) is 18.6 Å². The van der Waals surface area contributed by atoms with E-state index in [1.54, 1.807) is 36.0 Å². The average molecular weight is 539 g/mol. The number of ether oxygens (including phenoxy) is 2. The van der Waals surface area contributed by atoms with E-state index < -0.39 is 25.7 Å². The van der Waals surface area contributed by atoms with Gasteiger partial charge in [-0.15, -0.1) is 5.10 Å². The van der Waals surface area contributed by atoms with Gasteiger partial charge in [-0.2, -0.15) is 0 Å². The summed E-state index contributed by atoms with van der Waals surface area (Å²) in [7, 11) is -1.67. The van der Waals surface area contributed by atoms with E-state index in [-0.39, 0.29) is 18.4 Å². The van der Waals surface area contributed by atoms with E-state index in [1.165, 1.54) is 0 Å². The lowest BCUT2D eigenvalue weighted by Gasteiger charge is -2.31. The molecule has 1 saturated heterocycles. The molecule has 1 spiro atoms. The van der Waals surface area contributed by atoms with Crippen LogP contribution >= 0.6 is 0 Å². The SMILES string of the molecule is COc1ccc2c(c1)[C@@]1(O[C@H](CCn3cc(CCO)nn3)[C@@H]([Si](C)(C)F)[C@@H]1C)C(=O)N2Cc1ccccc1. The van der Waals surface area contributed by atoms with Crippen LogP contribution in [0.25, 0.3) is 0 Å². The number of hydrogen-bond donors (Lipinski definition) is 1. The van der Waals surface area contributed by atoms with Crippen LogP contribution in [0.15, 0.2) is 54.7 Å². The van der Waals surface area contributed by atoms with Crippen molar-refractivity contribution in [2.24, 2.45) is 5.92 Å². The van der Waals surface area contributed by atoms with E-state index >= 15 is 4.11 Å². The zero-order valence-electron chi connectivity index (χ0n) is 22.3. The molecule has 0 radical (unpaired) electrons. The fourth-order valence-corrected chi connectivity index (χ4v) is 8.83. The Kier molecular flexibility index (Phi) is 7.14. The first-order valence-corrected chi connectivity index (χ1v) is 16.1. The summed E-state index contributed by atoms with van der Waals surface area (Å²) in [6, 6.07) is 15.5. The van der Waals surface area contributed by atoms with Crippen molar-refractivity contribution < 1.29 is 23.5 Å². The Morgan fingerprint density at radius 3 is 2.66 bits per heavy atom. The Morgan fingerprint density at radius 1 is 1.21 bits per heavy atom. The molecule has 4 atom stereocenters. The zero-order valence-corrected chi connectivity index (χ0v) is 23.3. The Labute approximate surface area is 223 Å². The van der Waals surface area contributed by atoms with Crippen LogP contribution in [-0.4, -0.2) is 54.2 Å². The summed E-state index contributed by atoms with van der Waals surface area (Å²) in [5, 5.41) is 17.4. The van der Waals surface area contributed by atoms with Crippen molar-refractivity contribution in [3.05, 3.63) is 71.5 Å². The molecule has 38 heavy (non-hydrogen) atoms. The van der Waals surface area contributed by atoms with Gasteiger partial charge in [0.15, 0.2) is 5.60 Å². The largest absolute Gasteiger partial charge is 0.497 e. The molecule has 3 aromatic rings. The maximum Gasteiger partial charge on any atom is 0.264 e. The molecule has 1 aromatic heterocycles. The third-order valence-electron chi connectivity index (χ3n) is 7.95. The molecule has 202 valence electrons. The van der Waals surface area contributed by atoms with Gasteiger partial charge < -0.3 is 23.6 Å². The highest BCUT2D eigenvalue weighted by Gasteiger charge is 2.66. The smallest absolute Gasteiger partial charge is 0.264 e. The van der Waals surface area contributed by atoms with Crippen molar-refractivity contribution in [1.82, 2.24) is 15.0 Å². The first-order valence-electron chi connectivity index (χ1n) is 13.1. The maximum atomic E-state index is 16.0. The van der Waals surface area contributed by atoms with Crippen LogP contribution in [0, 0.1) is 5.92 Å². The van der Waals surface area contributed by atoms with Crippen molar-refractivity contribution in [1.29, 1.82) is 0 Å². The minimum atomic E-state index is -3.26. The highest BCUT2D eigenvalue weighted by atomic mass is 28.4. The van der Waals surface area contributed by atoms with Crippen LogP contribution in [0.1, 0.15) is 30.2 Å². The molecule has 1 amide bonds. The number of carbonyl (C=O) groups is 1. The van der Waals surface area contributed by atoms with Gasteiger partial charge in [0.25, 0.3) is 5.91 Å². The molecule has 8 nitrogen and oxygen atoms in total. The number of carbonyl (C=O) groups excluding carboxylic acids is 1. The molecule has 2 aliphatic heterocycles. The molecule has 2 aromatic carbocycles. The number of amides is 1. The Bertz CT molecular complexity index is 1300. The van der Waals surface area contributed by atoms with Crippen LogP contribution < -0.4 is 9.64 Å². The van der Waals surface area contributed by atoms with Gasteiger partial charge >= 0.3 is 0 Å². The Balaban J connectivity index is 1.52. The molecule has 1 fully saturated rings. The summed E-state index contributed by atoms with van der Waals surface area (Å²) < 4.78 is 30.0. The van der Waals surface area contributed by atoms with Gasteiger partial charge in [-0.05, 0) is 43.3 Å². The first-order chi connectivity index (χ1) is 18.2. The highest BCUT2D eigenvalue weighted by molar-refractivity contribution is 6.72. The number of rotatable bonds is 9. The van der Waals surface area contributed by atoms with Crippen LogP contribution in [0.5, 0.6) is 5.75 Å². The van der Waals surface area contributed by atoms with Gasteiger partial charge in [-0.25, -0.2) is 0 Å². The number of anilines is 1. The molecule has 3 heterocycles. The standard InChI is InChI=1S/C28H35FN4O4Si/c1-19-26(38(3,4)29)25(12-14-32-18-21(13-15-34)30-31-32)37-28(19)23-16-22(36-2)10-11-24(23)33(27(28)35)17-20-8-6-5-7-9-20/h5-11,16,18-19,25-26,34H,12-15,17H2,1-4H3/t19-,25+,26-,28+/m0/s1. The maximum absolute atomic E-state index is 16.0. The number of methoxy groups -OCH3 is 1. The summed E-state index contributed by atoms with van der Waals surface area (Å²) in [6.45, 7) is 6.23. The fourth-order valence-electron chi connectivity index (χ4n) is 6.28. The lowest BCUT2D eigenvalue weighted by Crippen LogP contribution is -2.45. The van der Waals surface area contributed by atoms with Crippen LogP contribution in [0.4, 0.5) is 9.80 Å². The number of benzene rings is 2.